The van der Waals surface area contributed by atoms with E-state index in [1.165, 1.54) is 6.07 Å². The maximum absolute atomic E-state index is 14.1. The fraction of sp³-hybridized carbons (Fsp3) is 0.389. The number of carbonyl (C=O) groups is 2. The minimum atomic E-state index is -0.862. The van der Waals surface area contributed by atoms with Gasteiger partial charge >= 0.3 is 6.03 Å². The Morgan fingerprint density at radius 2 is 1.88 bits per heavy atom. The first-order valence-corrected chi connectivity index (χ1v) is 16.8. The number of halogens is 2. The number of rotatable bonds is 8. The number of hydrogen-bond acceptors (Lipinski definition) is 6. The molecule has 1 saturated carbocycles. The van der Waals surface area contributed by atoms with E-state index in [0.29, 0.717) is 34.8 Å². The van der Waals surface area contributed by atoms with Crippen molar-refractivity contribution in [1.29, 1.82) is 0 Å². The van der Waals surface area contributed by atoms with Crippen LogP contribution in [0.5, 0.6) is 5.88 Å². The van der Waals surface area contributed by atoms with Crippen molar-refractivity contribution in [2.24, 2.45) is 11.7 Å². The monoisotopic (exact) mass is 668 g/mol. The van der Waals surface area contributed by atoms with Gasteiger partial charge in [0.05, 0.1) is 35.9 Å². The number of hydrogen-bond donors (Lipinski definition) is 3. The summed E-state index contributed by atoms with van der Waals surface area (Å²) >= 11 is 0. The van der Waals surface area contributed by atoms with Crippen LogP contribution >= 0.6 is 0 Å². The number of fused-ring (bicyclic) bond motifs is 4. The third-order valence-electron chi connectivity index (χ3n) is 10.3. The molecular formula is C36H38F2N8O3. The largest absolute Gasteiger partial charge is 0.482 e. The van der Waals surface area contributed by atoms with Crippen molar-refractivity contribution in [3.05, 3.63) is 77.1 Å². The standard InChI is InChI=1S/C36H38F2N8O3/c1-18(40-36(48)42-28-10-7-23(37)15-25(28)38)27-9-6-21-12-30(44(34(21)41-27)17-20-4-5-20)33-19(2)45-31(43-33)13-22(14-32(45)49-3)35(47)46-24-8-11-29(46)26(39)16-24/h6-7,9-10,12-15,18,20,24,26,29H,4-5,8,11,16-17,39H2,1-3H3,(H2,40,42,48)/t18-,24+,26-,29-/m1/s1. The molecule has 4 aromatic heterocycles. The maximum atomic E-state index is 14.1. The van der Waals surface area contributed by atoms with Gasteiger partial charge in [0.1, 0.15) is 28.6 Å². The molecule has 1 aliphatic carbocycles. The fourth-order valence-electron chi connectivity index (χ4n) is 7.64. The summed E-state index contributed by atoms with van der Waals surface area (Å²) in [6.07, 6.45) is 5.00. The molecule has 6 heterocycles. The molecule has 3 aliphatic rings. The van der Waals surface area contributed by atoms with E-state index in [2.05, 4.69) is 21.3 Å². The van der Waals surface area contributed by atoms with Gasteiger partial charge < -0.3 is 30.6 Å². The SMILES string of the molecule is COc1cc(C(=O)N2[C@H]3CC[C@@H]2[C@H](N)C3)cc2nc(-c3cc4ccc([C@@H](C)NC(=O)Nc5ccc(F)cc5F)nc4n3CC3CC3)c(C)n12. The molecule has 13 heteroatoms. The Morgan fingerprint density at radius 3 is 2.57 bits per heavy atom. The average Bonchev–Trinajstić information content (AvgIpc) is 3.40. The third-order valence-corrected chi connectivity index (χ3v) is 10.3. The van der Waals surface area contributed by atoms with Crippen molar-refractivity contribution in [2.75, 3.05) is 12.4 Å². The lowest BCUT2D eigenvalue weighted by Crippen LogP contribution is -2.40. The van der Waals surface area contributed by atoms with E-state index in [9.17, 15) is 18.4 Å². The number of nitrogens with two attached hydrogens (primary N) is 1. The Morgan fingerprint density at radius 1 is 1.06 bits per heavy atom. The lowest BCUT2D eigenvalue weighted by atomic mass is 9.97. The molecule has 1 aromatic carbocycles. The summed E-state index contributed by atoms with van der Waals surface area (Å²) in [5, 5.41) is 6.16. The lowest BCUT2D eigenvalue weighted by molar-refractivity contribution is 0.0726. The molecule has 4 N–H and O–H groups in total. The molecule has 49 heavy (non-hydrogen) atoms. The highest BCUT2D eigenvalue weighted by Crippen LogP contribution is 2.40. The Hall–Kier alpha value is -5.04. The van der Waals surface area contributed by atoms with Crippen molar-refractivity contribution in [3.8, 4) is 17.3 Å². The molecule has 0 radical (unpaired) electrons. The Kier molecular flexibility index (Phi) is 7.54. The Bertz CT molecular complexity index is 2140. The summed E-state index contributed by atoms with van der Waals surface area (Å²) in [6, 6.07) is 11.6. The van der Waals surface area contributed by atoms with E-state index in [1.54, 1.807) is 20.1 Å². The summed E-state index contributed by atoms with van der Waals surface area (Å²) in [5.74, 6) is -0.585. The third kappa shape index (κ3) is 5.45. The molecule has 3 fully saturated rings. The number of ether oxygens (including phenoxy) is 1. The van der Waals surface area contributed by atoms with E-state index in [1.807, 2.05) is 34.4 Å². The fourth-order valence-corrected chi connectivity index (χ4v) is 7.64. The van der Waals surface area contributed by atoms with Crippen molar-refractivity contribution in [3.63, 3.8) is 0 Å². The molecular weight excluding hydrogens is 630 g/mol. The summed E-state index contributed by atoms with van der Waals surface area (Å²) in [6.45, 7) is 4.54. The van der Waals surface area contributed by atoms with Gasteiger partial charge in [-0.3, -0.25) is 9.20 Å². The highest BCUT2D eigenvalue weighted by Gasteiger charge is 2.47. The van der Waals surface area contributed by atoms with Crippen LogP contribution in [0.1, 0.15) is 66.8 Å². The first-order valence-electron chi connectivity index (χ1n) is 16.8. The van der Waals surface area contributed by atoms with Gasteiger partial charge in [-0.1, -0.05) is 0 Å². The van der Waals surface area contributed by atoms with Gasteiger partial charge in [0.15, 0.2) is 5.88 Å². The van der Waals surface area contributed by atoms with Gasteiger partial charge in [-0.25, -0.2) is 23.5 Å². The normalized spacial score (nSPS) is 20.7. The highest BCUT2D eigenvalue weighted by atomic mass is 19.1. The maximum Gasteiger partial charge on any atom is 0.319 e. The number of urea groups is 1. The number of pyridine rings is 2. The van der Waals surface area contributed by atoms with Crippen molar-refractivity contribution in [2.45, 2.75) is 76.7 Å². The number of aryl methyl sites for hydroxylation is 1. The van der Waals surface area contributed by atoms with Gasteiger partial charge in [0, 0.05) is 47.8 Å². The number of nitrogens with one attached hydrogen (secondary N) is 2. The van der Waals surface area contributed by atoms with Crippen LogP contribution in [0.25, 0.3) is 28.1 Å². The molecule has 5 aromatic rings. The van der Waals surface area contributed by atoms with Gasteiger partial charge in [-0.05, 0) is 88.3 Å². The minimum absolute atomic E-state index is 0.0121. The molecule has 11 nitrogen and oxygen atoms in total. The number of nitrogens with zero attached hydrogens (tertiary/aromatic N) is 5. The number of methoxy groups -OCH3 is 1. The number of benzene rings is 1. The molecule has 0 unspecified atom stereocenters. The zero-order chi connectivity index (χ0) is 34.1. The van der Waals surface area contributed by atoms with Crippen molar-refractivity contribution in [1.82, 2.24) is 29.2 Å². The second-order valence-corrected chi connectivity index (χ2v) is 13.6. The van der Waals surface area contributed by atoms with Crippen LogP contribution in [-0.2, 0) is 6.54 Å². The predicted octanol–water partition coefficient (Wildman–Crippen LogP) is 5.94. The van der Waals surface area contributed by atoms with Crippen LogP contribution in [0.2, 0.25) is 0 Å². The molecule has 254 valence electrons. The van der Waals surface area contributed by atoms with Crippen LogP contribution in [0, 0.1) is 24.5 Å². The molecule has 0 spiro atoms. The van der Waals surface area contributed by atoms with Crippen LogP contribution in [-0.4, -0.2) is 61.0 Å². The van der Waals surface area contributed by atoms with Crippen molar-refractivity contribution < 1.29 is 23.1 Å². The summed E-state index contributed by atoms with van der Waals surface area (Å²) in [5.41, 5.74) is 11.3. The van der Waals surface area contributed by atoms with E-state index in [0.717, 1.165) is 72.8 Å². The average molecular weight is 669 g/mol. The number of carbonyl (C=O) groups excluding carboxylic acids is 2. The lowest BCUT2D eigenvalue weighted by Gasteiger charge is -2.23. The van der Waals surface area contributed by atoms with Crippen LogP contribution in [0.3, 0.4) is 0 Å². The first-order chi connectivity index (χ1) is 23.6. The smallest absolute Gasteiger partial charge is 0.319 e. The van der Waals surface area contributed by atoms with Gasteiger partial charge in [-0.15, -0.1) is 0 Å². The molecule has 2 aliphatic heterocycles. The summed E-state index contributed by atoms with van der Waals surface area (Å²) < 4.78 is 37.4. The quantitative estimate of drug-likeness (QED) is 0.188. The molecule has 2 saturated heterocycles. The van der Waals surface area contributed by atoms with Gasteiger partial charge in [0.25, 0.3) is 5.91 Å². The second kappa shape index (κ2) is 11.8. The topological polar surface area (TPSA) is 132 Å². The van der Waals surface area contributed by atoms with E-state index in [4.69, 9.17) is 20.4 Å². The minimum Gasteiger partial charge on any atom is -0.482 e. The second-order valence-electron chi connectivity index (χ2n) is 13.6. The van der Waals surface area contributed by atoms with E-state index < -0.39 is 23.7 Å². The molecule has 8 rings (SSSR count). The molecule has 4 atom stereocenters. The summed E-state index contributed by atoms with van der Waals surface area (Å²) in [4.78, 5) is 38.5. The highest BCUT2D eigenvalue weighted by molar-refractivity contribution is 5.97. The number of anilines is 1. The summed E-state index contributed by atoms with van der Waals surface area (Å²) in [7, 11) is 1.60. The van der Waals surface area contributed by atoms with Gasteiger partial charge in [0.2, 0.25) is 0 Å². The Balaban J connectivity index is 1.13. The molecule has 3 amide bonds. The van der Waals surface area contributed by atoms with E-state index in [-0.39, 0.29) is 29.7 Å². The van der Waals surface area contributed by atoms with Crippen LogP contribution in [0.4, 0.5) is 19.3 Å². The zero-order valence-electron chi connectivity index (χ0n) is 27.5. The predicted molar refractivity (Wildman–Crippen MR) is 180 cm³/mol. The zero-order valence-corrected chi connectivity index (χ0v) is 27.5. The van der Waals surface area contributed by atoms with Crippen LogP contribution in [0.15, 0.2) is 48.5 Å². The van der Waals surface area contributed by atoms with Crippen molar-refractivity contribution >= 4 is 34.3 Å². The van der Waals surface area contributed by atoms with Gasteiger partial charge in [-0.2, -0.15) is 0 Å². The molecule has 2 bridgehead atoms. The first kappa shape index (κ1) is 31.2. The van der Waals surface area contributed by atoms with E-state index >= 15 is 0 Å². The van der Waals surface area contributed by atoms with Crippen LogP contribution < -0.4 is 21.1 Å². The number of aromatic nitrogens is 4. The number of amides is 3. The Labute approximate surface area is 281 Å². The number of imidazole rings is 1.